The molecule has 3 nitrogen and oxygen atoms in total. The maximum Gasteiger partial charge on any atom is 0.295 e. The van der Waals surface area contributed by atoms with Gasteiger partial charge in [-0.05, 0) is 6.07 Å². The third kappa shape index (κ3) is 0.846. The zero-order chi connectivity index (χ0) is 12.8. The number of hydrogen-bond acceptors (Lipinski definition) is 1. The van der Waals surface area contributed by atoms with Crippen LogP contribution in [0.4, 0.5) is 0 Å². The molecule has 0 bridgehead atoms. The molecular formula is C17H12N3+. The van der Waals surface area contributed by atoms with Gasteiger partial charge in [-0.1, -0.05) is 18.2 Å². The molecular weight excluding hydrogens is 246 g/mol. The van der Waals surface area contributed by atoms with Crippen LogP contribution in [0.25, 0.3) is 27.3 Å². The Bertz CT molecular complexity index is 1070. The van der Waals surface area contributed by atoms with E-state index in [1.165, 1.54) is 44.3 Å². The second-order valence-corrected chi connectivity index (χ2v) is 5.90. The summed E-state index contributed by atoms with van der Waals surface area (Å²) in [4.78, 5) is 4.62. The van der Waals surface area contributed by atoms with E-state index in [4.69, 9.17) is 0 Å². The third-order valence-corrected chi connectivity index (χ3v) is 4.92. The van der Waals surface area contributed by atoms with Gasteiger partial charge in [0.05, 0.1) is 11.1 Å². The topological polar surface area (TPSA) is 21.2 Å². The molecule has 3 aromatic heterocycles. The Morgan fingerprint density at radius 2 is 2.10 bits per heavy atom. The van der Waals surface area contributed by atoms with Crippen molar-refractivity contribution in [1.82, 2.24) is 9.38 Å². The summed E-state index contributed by atoms with van der Waals surface area (Å²) in [6.45, 7) is 1.01. The van der Waals surface area contributed by atoms with Gasteiger partial charge in [0.1, 0.15) is 18.4 Å². The van der Waals surface area contributed by atoms with Crippen molar-refractivity contribution in [3.8, 4) is 0 Å². The van der Waals surface area contributed by atoms with Crippen molar-refractivity contribution >= 4 is 27.3 Å². The van der Waals surface area contributed by atoms with E-state index in [2.05, 4.69) is 44.4 Å². The van der Waals surface area contributed by atoms with Crippen LogP contribution < -0.4 is 4.57 Å². The molecule has 2 aliphatic heterocycles. The Morgan fingerprint density at radius 1 is 1.10 bits per heavy atom. The van der Waals surface area contributed by atoms with E-state index in [1.54, 1.807) is 0 Å². The normalized spacial score (nSPS) is 15.4. The van der Waals surface area contributed by atoms with Crippen LogP contribution in [-0.4, -0.2) is 9.38 Å². The number of nitrogens with zero attached hydrogens (tertiary/aromatic N) is 3. The second-order valence-electron chi connectivity index (χ2n) is 5.90. The molecule has 0 saturated heterocycles. The largest absolute Gasteiger partial charge is 0.295 e. The van der Waals surface area contributed by atoms with Crippen LogP contribution in [0.1, 0.15) is 17.0 Å². The van der Waals surface area contributed by atoms with Crippen molar-refractivity contribution in [2.45, 2.75) is 19.4 Å². The van der Waals surface area contributed by atoms with Gasteiger partial charge in [0.2, 0.25) is 0 Å². The van der Waals surface area contributed by atoms with Gasteiger partial charge in [0.15, 0.2) is 5.52 Å². The van der Waals surface area contributed by atoms with Crippen LogP contribution >= 0.6 is 0 Å². The lowest BCUT2D eigenvalue weighted by Crippen LogP contribution is -2.28. The Hall–Kier alpha value is -2.42. The summed E-state index contributed by atoms with van der Waals surface area (Å²) in [6.07, 6.45) is 6.46. The van der Waals surface area contributed by atoms with Crippen LogP contribution in [0, 0.1) is 0 Å². The monoisotopic (exact) mass is 258 g/mol. The first-order valence-electron chi connectivity index (χ1n) is 7.17. The van der Waals surface area contributed by atoms with Crippen LogP contribution in [0.15, 0.2) is 36.7 Å². The lowest BCUT2D eigenvalue weighted by atomic mass is 9.99. The van der Waals surface area contributed by atoms with Gasteiger partial charge >= 0.3 is 0 Å². The van der Waals surface area contributed by atoms with Crippen molar-refractivity contribution in [2.24, 2.45) is 0 Å². The summed E-state index contributed by atoms with van der Waals surface area (Å²) in [6, 6.07) is 8.88. The Kier molecular flexibility index (Phi) is 1.35. The summed E-state index contributed by atoms with van der Waals surface area (Å²) in [7, 11) is 0. The molecule has 2 aliphatic rings. The lowest BCUT2D eigenvalue weighted by Gasteiger charge is -2.12. The third-order valence-electron chi connectivity index (χ3n) is 4.92. The predicted molar refractivity (Wildman–Crippen MR) is 76.9 cm³/mol. The number of aryl methyl sites for hydroxylation is 2. The first-order valence-corrected chi connectivity index (χ1v) is 7.17. The van der Waals surface area contributed by atoms with Gasteiger partial charge in [0.25, 0.3) is 5.65 Å². The standard InChI is InChI=1S/C17H12N3/c1-2-10-8-19-9-11-4-5-14-16-13(6-7-18-14)12(3-1)15(10)17(19)20(11)16/h1-3,6-7,9H,4-5,8H2/q+1. The van der Waals surface area contributed by atoms with E-state index in [1.807, 2.05) is 6.20 Å². The maximum atomic E-state index is 4.62. The van der Waals surface area contributed by atoms with Gasteiger partial charge in [-0.25, -0.2) is 4.57 Å². The average molecular weight is 258 g/mol. The van der Waals surface area contributed by atoms with E-state index in [0.29, 0.717) is 0 Å². The highest BCUT2D eigenvalue weighted by Crippen LogP contribution is 2.37. The Balaban J connectivity index is 2.13. The van der Waals surface area contributed by atoms with Crippen LogP contribution in [0.3, 0.4) is 0 Å². The minimum Gasteiger partial charge on any atom is -0.257 e. The molecule has 4 aromatic rings. The molecule has 1 aromatic carbocycles. The van der Waals surface area contributed by atoms with E-state index >= 15 is 0 Å². The molecule has 3 heteroatoms. The van der Waals surface area contributed by atoms with Crippen molar-refractivity contribution < 1.29 is 4.57 Å². The molecule has 6 rings (SSSR count). The van der Waals surface area contributed by atoms with Crippen molar-refractivity contribution in [1.29, 1.82) is 0 Å². The lowest BCUT2D eigenvalue weighted by molar-refractivity contribution is -0.657. The van der Waals surface area contributed by atoms with Crippen molar-refractivity contribution in [3.63, 3.8) is 0 Å². The number of fused-ring (bicyclic) bond motifs is 1. The molecule has 0 spiro atoms. The minimum absolute atomic E-state index is 1.01. The fourth-order valence-corrected chi connectivity index (χ4v) is 4.16. The fraction of sp³-hybridized carbons (Fsp3) is 0.176. The van der Waals surface area contributed by atoms with Crippen molar-refractivity contribution in [3.05, 3.63) is 53.6 Å². The molecule has 20 heavy (non-hydrogen) atoms. The first-order chi connectivity index (χ1) is 9.92. The molecule has 94 valence electrons. The Morgan fingerprint density at radius 3 is 3.10 bits per heavy atom. The SMILES string of the molecule is c1cc2c3c(c1)c1ccnc4c1n1c(c[n+](c31)C2)CC4. The highest BCUT2D eigenvalue weighted by atomic mass is 15.1. The number of benzene rings is 1. The van der Waals surface area contributed by atoms with Gasteiger partial charge < -0.3 is 0 Å². The molecule has 0 unspecified atom stereocenters. The van der Waals surface area contributed by atoms with E-state index in [0.717, 1.165) is 19.4 Å². The number of imidazole rings is 1. The number of rotatable bonds is 0. The average Bonchev–Trinajstić information content (AvgIpc) is 3.01. The highest BCUT2D eigenvalue weighted by Gasteiger charge is 2.33. The molecule has 0 atom stereocenters. The van der Waals surface area contributed by atoms with Gasteiger partial charge in [0, 0.05) is 35.4 Å². The molecule has 0 aliphatic carbocycles. The highest BCUT2D eigenvalue weighted by molar-refractivity contribution is 6.13. The summed E-state index contributed by atoms with van der Waals surface area (Å²) in [5.74, 6) is 0. The number of hydrogen-bond donors (Lipinski definition) is 0. The molecule has 0 N–H and O–H groups in total. The quantitative estimate of drug-likeness (QED) is 0.309. The smallest absolute Gasteiger partial charge is 0.257 e. The summed E-state index contributed by atoms with van der Waals surface area (Å²) in [5, 5.41) is 4.17. The van der Waals surface area contributed by atoms with Crippen LogP contribution in [0.2, 0.25) is 0 Å². The zero-order valence-corrected chi connectivity index (χ0v) is 10.9. The molecule has 0 radical (unpaired) electrons. The van der Waals surface area contributed by atoms with Crippen molar-refractivity contribution in [2.75, 3.05) is 0 Å². The Labute approximate surface area is 115 Å². The summed E-state index contributed by atoms with van der Waals surface area (Å²) in [5.41, 5.74) is 6.82. The maximum absolute atomic E-state index is 4.62. The van der Waals surface area contributed by atoms with Gasteiger partial charge in [-0.15, -0.1) is 0 Å². The first kappa shape index (κ1) is 9.48. The van der Waals surface area contributed by atoms with Gasteiger partial charge in [-0.2, -0.15) is 4.40 Å². The van der Waals surface area contributed by atoms with Crippen LogP contribution in [0.5, 0.6) is 0 Å². The predicted octanol–water partition coefficient (Wildman–Crippen LogP) is 2.39. The zero-order valence-electron chi connectivity index (χ0n) is 10.9. The molecule has 0 amide bonds. The second kappa shape index (κ2) is 2.85. The van der Waals surface area contributed by atoms with Gasteiger partial charge in [-0.3, -0.25) is 4.98 Å². The molecule has 5 heterocycles. The van der Waals surface area contributed by atoms with E-state index in [9.17, 15) is 0 Å². The van der Waals surface area contributed by atoms with E-state index in [-0.39, 0.29) is 0 Å². The summed E-state index contributed by atoms with van der Waals surface area (Å²) < 4.78 is 4.87. The fourth-order valence-electron chi connectivity index (χ4n) is 4.16. The summed E-state index contributed by atoms with van der Waals surface area (Å²) >= 11 is 0. The number of aromatic nitrogens is 3. The molecule has 0 saturated carbocycles. The minimum atomic E-state index is 1.01. The van der Waals surface area contributed by atoms with E-state index < -0.39 is 0 Å². The van der Waals surface area contributed by atoms with Crippen LogP contribution in [-0.2, 0) is 19.4 Å². The number of pyridine rings is 2. The molecule has 0 fully saturated rings.